The Morgan fingerprint density at radius 2 is 2.00 bits per heavy atom. The van der Waals surface area contributed by atoms with E-state index in [2.05, 4.69) is 20.2 Å². The molecule has 1 aliphatic heterocycles. The van der Waals surface area contributed by atoms with Crippen LogP contribution in [0.15, 0.2) is 6.07 Å². The fourth-order valence-electron chi connectivity index (χ4n) is 2.88. The Morgan fingerprint density at radius 3 is 2.65 bits per heavy atom. The standard InChI is InChI=1S/C15H24N4O/c1-11-9-14(20-2)18-15(17-11)19(13-3-4-13)10-12-5-7-16-8-6-12/h9,12-13,16H,3-8,10H2,1-2H3. The molecule has 1 saturated heterocycles. The van der Waals surface area contributed by atoms with Crippen molar-refractivity contribution in [2.24, 2.45) is 5.92 Å². The van der Waals surface area contributed by atoms with Gasteiger partial charge in [0.05, 0.1) is 7.11 Å². The summed E-state index contributed by atoms with van der Waals surface area (Å²) in [6, 6.07) is 2.52. The van der Waals surface area contributed by atoms with Crippen molar-refractivity contribution in [3.63, 3.8) is 0 Å². The minimum Gasteiger partial charge on any atom is -0.481 e. The molecular weight excluding hydrogens is 252 g/mol. The van der Waals surface area contributed by atoms with E-state index in [0.717, 1.165) is 37.2 Å². The zero-order valence-electron chi connectivity index (χ0n) is 12.4. The molecule has 110 valence electrons. The molecule has 1 aromatic heterocycles. The van der Waals surface area contributed by atoms with E-state index in [1.165, 1.54) is 25.7 Å². The van der Waals surface area contributed by atoms with Crippen molar-refractivity contribution in [2.75, 3.05) is 31.6 Å². The van der Waals surface area contributed by atoms with Crippen LogP contribution >= 0.6 is 0 Å². The molecule has 1 aromatic rings. The van der Waals surface area contributed by atoms with Gasteiger partial charge in [-0.1, -0.05) is 0 Å². The summed E-state index contributed by atoms with van der Waals surface area (Å²) in [4.78, 5) is 11.6. The van der Waals surface area contributed by atoms with Gasteiger partial charge in [0.15, 0.2) is 0 Å². The van der Waals surface area contributed by atoms with Crippen LogP contribution in [0.5, 0.6) is 5.88 Å². The van der Waals surface area contributed by atoms with Gasteiger partial charge in [0, 0.05) is 24.3 Å². The van der Waals surface area contributed by atoms with Crippen molar-refractivity contribution >= 4 is 5.95 Å². The maximum atomic E-state index is 5.29. The van der Waals surface area contributed by atoms with Crippen LogP contribution in [-0.2, 0) is 0 Å². The number of hydrogen-bond donors (Lipinski definition) is 1. The molecule has 1 aliphatic carbocycles. The number of nitrogens with zero attached hydrogens (tertiary/aromatic N) is 3. The maximum absolute atomic E-state index is 5.29. The van der Waals surface area contributed by atoms with E-state index in [4.69, 9.17) is 4.74 Å². The molecule has 0 radical (unpaired) electrons. The summed E-state index contributed by atoms with van der Waals surface area (Å²) in [5.74, 6) is 2.28. The van der Waals surface area contributed by atoms with Gasteiger partial charge in [0.2, 0.25) is 11.8 Å². The molecule has 5 heteroatoms. The minimum absolute atomic E-state index is 0.636. The van der Waals surface area contributed by atoms with Crippen LogP contribution < -0.4 is 15.0 Å². The zero-order valence-corrected chi connectivity index (χ0v) is 12.4. The lowest BCUT2D eigenvalue weighted by atomic mass is 9.97. The third-order valence-corrected chi connectivity index (χ3v) is 4.19. The summed E-state index contributed by atoms with van der Waals surface area (Å²) in [5.41, 5.74) is 0.975. The number of aryl methyl sites for hydroxylation is 1. The van der Waals surface area contributed by atoms with E-state index in [-0.39, 0.29) is 0 Å². The van der Waals surface area contributed by atoms with Gasteiger partial charge in [-0.15, -0.1) is 0 Å². The van der Waals surface area contributed by atoms with Crippen molar-refractivity contribution in [2.45, 2.75) is 38.6 Å². The number of anilines is 1. The fraction of sp³-hybridized carbons (Fsp3) is 0.733. The minimum atomic E-state index is 0.636. The molecule has 3 rings (SSSR count). The largest absolute Gasteiger partial charge is 0.481 e. The Balaban J connectivity index is 1.77. The van der Waals surface area contributed by atoms with Gasteiger partial charge in [0.25, 0.3) is 0 Å². The third-order valence-electron chi connectivity index (χ3n) is 4.19. The zero-order chi connectivity index (χ0) is 13.9. The molecule has 2 aliphatic rings. The predicted molar refractivity (Wildman–Crippen MR) is 79.3 cm³/mol. The number of rotatable bonds is 5. The Labute approximate surface area is 120 Å². The number of hydrogen-bond acceptors (Lipinski definition) is 5. The Bertz CT molecular complexity index is 455. The van der Waals surface area contributed by atoms with Crippen LogP contribution in [0.2, 0.25) is 0 Å². The van der Waals surface area contributed by atoms with Gasteiger partial charge in [-0.3, -0.25) is 0 Å². The van der Waals surface area contributed by atoms with Crippen LogP contribution in [0.1, 0.15) is 31.4 Å². The number of nitrogens with one attached hydrogen (secondary N) is 1. The highest BCUT2D eigenvalue weighted by Crippen LogP contribution is 2.32. The second-order valence-electron chi connectivity index (χ2n) is 5.93. The molecule has 0 aromatic carbocycles. The van der Waals surface area contributed by atoms with E-state index in [9.17, 15) is 0 Å². The summed E-state index contributed by atoms with van der Waals surface area (Å²) >= 11 is 0. The molecule has 1 N–H and O–H groups in total. The van der Waals surface area contributed by atoms with Gasteiger partial charge in [-0.05, 0) is 51.6 Å². The summed E-state index contributed by atoms with van der Waals surface area (Å²) in [7, 11) is 1.67. The average molecular weight is 276 g/mol. The Kier molecular flexibility index (Phi) is 4.05. The van der Waals surface area contributed by atoms with E-state index in [1.807, 2.05) is 13.0 Å². The summed E-state index contributed by atoms with van der Waals surface area (Å²) in [5, 5.41) is 3.43. The van der Waals surface area contributed by atoms with Crippen molar-refractivity contribution in [3.8, 4) is 5.88 Å². The van der Waals surface area contributed by atoms with Gasteiger partial charge >= 0.3 is 0 Å². The first-order valence-electron chi connectivity index (χ1n) is 7.63. The summed E-state index contributed by atoms with van der Waals surface area (Å²) in [6.45, 7) is 5.37. The number of methoxy groups -OCH3 is 1. The second-order valence-corrected chi connectivity index (χ2v) is 5.93. The van der Waals surface area contributed by atoms with Crippen molar-refractivity contribution in [1.29, 1.82) is 0 Å². The topological polar surface area (TPSA) is 50.3 Å². The van der Waals surface area contributed by atoms with Crippen molar-refractivity contribution < 1.29 is 4.74 Å². The third kappa shape index (κ3) is 3.20. The van der Waals surface area contributed by atoms with E-state index >= 15 is 0 Å². The van der Waals surface area contributed by atoms with Crippen LogP contribution in [0.3, 0.4) is 0 Å². The van der Waals surface area contributed by atoms with E-state index in [0.29, 0.717) is 11.9 Å². The van der Waals surface area contributed by atoms with Gasteiger partial charge in [-0.2, -0.15) is 4.98 Å². The lowest BCUT2D eigenvalue weighted by Crippen LogP contribution is -2.38. The molecule has 1 saturated carbocycles. The summed E-state index contributed by atoms with van der Waals surface area (Å²) < 4.78 is 5.29. The molecule has 0 bridgehead atoms. The molecule has 2 fully saturated rings. The molecule has 0 amide bonds. The highest BCUT2D eigenvalue weighted by Gasteiger charge is 2.33. The van der Waals surface area contributed by atoms with Crippen molar-refractivity contribution in [3.05, 3.63) is 11.8 Å². The first-order chi connectivity index (χ1) is 9.76. The lowest BCUT2D eigenvalue weighted by Gasteiger charge is -2.30. The molecule has 0 spiro atoms. The monoisotopic (exact) mass is 276 g/mol. The number of aromatic nitrogens is 2. The smallest absolute Gasteiger partial charge is 0.229 e. The van der Waals surface area contributed by atoms with Gasteiger partial charge in [0.1, 0.15) is 0 Å². The van der Waals surface area contributed by atoms with E-state index in [1.54, 1.807) is 7.11 Å². The fourth-order valence-corrected chi connectivity index (χ4v) is 2.88. The quantitative estimate of drug-likeness (QED) is 0.888. The normalized spacial score (nSPS) is 19.9. The first-order valence-corrected chi connectivity index (χ1v) is 7.63. The maximum Gasteiger partial charge on any atom is 0.229 e. The highest BCUT2D eigenvalue weighted by atomic mass is 16.5. The number of piperidine rings is 1. The Morgan fingerprint density at radius 1 is 1.25 bits per heavy atom. The van der Waals surface area contributed by atoms with Gasteiger partial charge in [-0.25, -0.2) is 4.98 Å². The highest BCUT2D eigenvalue weighted by molar-refractivity contribution is 5.37. The van der Waals surface area contributed by atoms with Crippen LogP contribution in [0.4, 0.5) is 5.95 Å². The van der Waals surface area contributed by atoms with E-state index < -0.39 is 0 Å². The molecule has 20 heavy (non-hydrogen) atoms. The van der Waals surface area contributed by atoms with Crippen LogP contribution in [-0.4, -0.2) is 42.8 Å². The second kappa shape index (κ2) is 5.95. The molecule has 5 nitrogen and oxygen atoms in total. The Hall–Kier alpha value is -1.36. The average Bonchev–Trinajstić information content (AvgIpc) is 3.29. The van der Waals surface area contributed by atoms with Gasteiger partial charge < -0.3 is 15.0 Å². The predicted octanol–water partition coefficient (Wildman–Crippen LogP) is 1.76. The van der Waals surface area contributed by atoms with Crippen LogP contribution in [0.25, 0.3) is 0 Å². The molecule has 0 atom stereocenters. The lowest BCUT2D eigenvalue weighted by molar-refractivity contribution is 0.368. The SMILES string of the molecule is COc1cc(C)nc(N(CC2CCNCC2)C2CC2)n1. The molecular formula is C15H24N4O. The van der Waals surface area contributed by atoms with Crippen LogP contribution in [0, 0.1) is 12.8 Å². The molecule has 2 heterocycles. The van der Waals surface area contributed by atoms with Crippen molar-refractivity contribution in [1.82, 2.24) is 15.3 Å². The number of ether oxygens (including phenoxy) is 1. The first kappa shape index (κ1) is 13.6. The molecule has 0 unspecified atom stereocenters. The summed E-state index contributed by atoms with van der Waals surface area (Å²) in [6.07, 6.45) is 5.05.